The van der Waals surface area contributed by atoms with Crippen molar-refractivity contribution in [3.05, 3.63) is 16.1 Å². The van der Waals surface area contributed by atoms with Gasteiger partial charge < -0.3 is 9.84 Å². The van der Waals surface area contributed by atoms with Crippen LogP contribution in [0.25, 0.3) is 0 Å². The number of hydrogen-bond acceptors (Lipinski definition) is 4. The molecular weight excluding hydrogens is 262 g/mol. The lowest BCUT2D eigenvalue weighted by molar-refractivity contribution is -0.153. The van der Waals surface area contributed by atoms with Crippen LogP contribution in [0.4, 0.5) is 0 Å². The Morgan fingerprint density at radius 1 is 1.63 bits per heavy atom. The maximum absolute atomic E-state index is 11.8. The van der Waals surface area contributed by atoms with Gasteiger partial charge in [-0.1, -0.05) is 0 Å². The minimum Gasteiger partial charge on any atom is -0.481 e. The molecule has 3 rings (SSSR count). The first-order valence-corrected chi connectivity index (χ1v) is 7.75. The minimum atomic E-state index is -0.677. The van der Waals surface area contributed by atoms with Crippen molar-refractivity contribution in [2.45, 2.75) is 45.1 Å². The van der Waals surface area contributed by atoms with Gasteiger partial charge in [0.05, 0.1) is 22.7 Å². The van der Waals surface area contributed by atoms with Gasteiger partial charge in [-0.15, -0.1) is 11.3 Å². The van der Waals surface area contributed by atoms with E-state index in [2.05, 4.69) is 4.98 Å². The third-order valence-corrected chi connectivity index (χ3v) is 5.50. The van der Waals surface area contributed by atoms with E-state index in [0.717, 1.165) is 25.0 Å². The van der Waals surface area contributed by atoms with Crippen molar-refractivity contribution in [3.63, 3.8) is 0 Å². The molecule has 2 aliphatic rings. The second-order valence-electron chi connectivity index (χ2n) is 5.70. The van der Waals surface area contributed by atoms with Gasteiger partial charge in [-0.05, 0) is 44.9 Å². The molecular formula is C14H19NO3S. The maximum atomic E-state index is 11.8. The third-order valence-electron chi connectivity index (χ3n) is 4.51. The second kappa shape index (κ2) is 4.87. The highest BCUT2D eigenvalue weighted by Crippen LogP contribution is 2.50. The number of rotatable bonds is 5. The van der Waals surface area contributed by atoms with E-state index in [4.69, 9.17) is 4.74 Å². The molecule has 4 nitrogen and oxygen atoms in total. The Bertz CT molecular complexity index is 483. The van der Waals surface area contributed by atoms with Crippen LogP contribution in [0.1, 0.15) is 36.3 Å². The van der Waals surface area contributed by atoms with Gasteiger partial charge in [0.15, 0.2) is 0 Å². The number of ether oxygens (including phenoxy) is 1. The molecule has 0 spiro atoms. The summed E-state index contributed by atoms with van der Waals surface area (Å²) in [7, 11) is 0. The summed E-state index contributed by atoms with van der Waals surface area (Å²) in [6.45, 7) is 2.58. The summed E-state index contributed by atoms with van der Waals surface area (Å²) in [6.07, 6.45) is 4.31. The zero-order valence-corrected chi connectivity index (χ0v) is 11.9. The molecule has 104 valence electrons. The summed E-state index contributed by atoms with van der Waals surface area (Å²) in [5, 5.41) is 9.72. The largest absolute Gasteiger partial charge is 0.481 e. The summed E-state index contributed by atoms with van der Waals surface area (Å²) in [5.74, 6) is -0.203. The first kappa shape index (κ1) is 13.1. The van der Waals surface area contributed by atoms with E-state index in [1.165, 1.54) is 4.88 Å². The number of hydrogen-bond donors (Lipinski definition) is 1. The van der Waals surface area contributed by atoms with Gasteiger partial charge >= 0.3 is 5.97 Å². The third kappa shape index (κ3) is 2.30. The van der Waals surface area contributed by atoms with Gasteiger partial charge in [0, 0.05) is 11.5 Å². The molecule has 1 saturated carbocycles. The molecule has 2 heterocycles. The molecule has 1 aliphatic heterocycles. The fourth-order valence-corrected chi connectivity index (χ4v) is 3.94. The highest BCUT2D eigenvalue weighted by Gasteiger charge is 2.55. The molecule has 1 N–H and O–H groups in total. The maximum Gasteiger partial charge on any atom is 0.312 e. The average Bonchev–Trinajstić information content (AvgIpc) is 2.99. The SMILES string of the molecule is Cc1ncsc1CCC1(C(=O)O)CCOC1C1CC1. The Kier molecular flexibility index (Phi) is 3.35. The lowest BCUT2D eigenvalue weighted by Gasteiger charge is -2.29. The number of thiazole rings is 1. The zero-order valence-electron chi connectivity index (χ0n) is 11.1. The summed E-state index contributed by atoms with van der Waals surface area (Å²) < 4.78 is 5.76. The van der Waals surface area contributed by atoms with Crippen LogP contribution in [0.5, 0.6) is 0 Å². The molecule has 1 aromatic heterocycles. The first-order valence-electron chi connectivity index (χ1n) is 6.87. The molecule has 19 heavy (non-hydrogen) atoms. The highest BCUT2D eigenvalue weighted by molar-refractivity contribution is 7.09. The topological polar surface area (TPSA) is 59.4 Å². The van der Waals surface area contributed by atoms with Crippen molar-refractivity contribution in [2.24, 2.45) is 11.3 Å². The number of aromatic nitrogens is 1. The molecule has 2 atom stereocenters. The van der Waals surface area contributed by atoms with Crippen molar-refractivity contribution in [1.29, 1.82) is 0 Å². The van der Waals surface area contributed by atoms with Crippen LogP contribution in [0.2, 0.25) is 0 Å². The van der Waals surface area contributed by atoms with Crippen LogP contribution in [0.3, 0.4) is 0 Å². The van der Waals surface area contributed by atoms with E-state index in [9.17, 15) is 9.90 Å². The molecule has 2 fully saturated rings. The number of nitrogens with zero attached hydrogens (tertiary/aromatic N) is 1. The number of aryl methyl sites for hydroxylation is 2. The Morgan fingerprint density at radius 2 is 2.42 bits per heavy atom. The van der Waals surface area contributed by atoms with Crippen molar-refractivity contribution < 1.29 is 14.6 Å². The molecule has 1 aromatic rings. The Labute approximate surface area is 116 Å². The van der Waals surface area contributed by atoms with Crippen LogP contribution < -0.4 is 0 Å². The van der Waals surface area contributed by atoms with E-state index in [0.29, 0.717) is 25.4 Å². The van der Waals surface area contributed by atoms with Gasteiger partial charge in [-0.2, -0.15) is 0 Å². The van der Waals surface area contributed by atoms with Crippen LogP contribution in [-0.4, -0.2) is 28.8 Å². The van der Waals surface area contributed by atoms with Gasteiger partial charge in [0.25, 0.3) is 0 Å². The molecule has 0 radical (unpaired) electrons. The number of carbonyl (C=O) groups is 1. The van der Waals surface area contributed by atoms with Gasteiger partial charge in [0.2, 0.25) is 0 Å². The number of aliphatic carboxylic acids is 1. The van der Waals surface area contributed by atoms with Crippen molar-refractivity contribution in [3.8, 4) is 0 Å². The van der Waals surface area contributed by atoms with E-state index >= 15 is 0 Å². The average molecular weight is 281 g/mol. The van der Waals surface area contributed by atoms with E-state index < -0.39 is 11.4 Å². The summed E-state index contributed by atoms with van der Waals surface area (Å²) in [6, 6.07) is 0. The molecule has 1 saturated heterocycles. The molecule has 0 amide bonds. The number of carboxylic acid groups (broad SMARTS) is 1. The van der Waals surface area contributed by atoms with Crippen LogP contribution in [0, 0.1) is 18.3 Å². The lowest BCUT2D eigenvalue weighted by Crippen LogP contribution is -2.40. The number of carboxylic acids is 1. The van der Waals surface area contributed by atoms with Crippen molar-refractivity contribution in [2.75, 3.05) is 6.61 Å². The predicted molar refractivity (Wildman–Crippen MR) is 72.3 cm³/mol. The fourth-order valence-electron chi connectivity index (χ4n) is 3.16. The van der Waals surface area contributed by atoms with Gasteiger partial charge in [-0.25, -0.2) is 4.98 Å². The second-order valence-corrected chi connectivity index (χ2v) is 6.64. The van der Waals surface area contributed by atoms with E-state index in [-0.39, 0.29) is 6.10 Å². The smallest absolute Gasteiger partial charge is 0.312 e. The Hall–Kier alpha value is -0.940. The monoisotopic (exact) mass is 281 g/mol. The lowest BCUT2D eigenvalue weighted by atomic mass is 9.75. The highest BCUT2D eigenvalue weighted by atomic mass is 32.1. The summed E-state index contributed by atoms with van der Waals surface area (Å²) in [4.78, 5) is 17.3. The summed E-state index contributed by atoms with van der Waals surface area (Å²) >= 11 is 1.62. The summed E-state index contributed by atoms with van der Waals surface area (Å²) in [5.41, 5.74) is 2.20. The van der Waals surface area contributed by atoms with Crippen LogP contribution in [-0.2, 0) is 16.0 Å². The molecule has 5 heteroatoms. The molecule has 2 unspecified atom stereocenters. The molecule has 1 aliphatic carbocycles. The van der Waals surface area contributed by atoms with Crippen molar-refractivity contribution in [1.82, 2.24) is 4.98 Å². The van der Waals surface area contributed by atoms with Crippen molar-refractivity contribution >= 4 is 17.3 Å². The zero-order chi connectivity index (χ0) is 13.5. The molecule has 0 bridgehead atoms. The quantitative estimate of drug-likeness (QED) is 0.901. The van der Waals surface area contributed by atoms with E-state index in [1.807, 2.05) is 12.4 Å². The first-order chi connectivity index (χ1) is 9.13. The minimum absolute atomic E-state index is 0.0711. The Morgan fingerprint density at radius 3 is 3.00 bits per heavy atom. The Balaban J connectivity index is 1.77. The van der Waals surface area contributed by atoms with Gasteiger partial charge in [-0.3, -0.25) is 4.79 Å². The predicted octanol–water partition coefficient (Wildman–Crippen LogP) is 2.65. The standard InChI is InChI=1S/C14H19NO3S/c1-9-11(19-8-15-9)4-5-14(13(16)17)6-7-18-12(14)10-2-3-10/h8,10,12H,2-7H2,1H3,(H,16,17). The molecule has 0 aromatic carbocycles. The van der Waals surface area contributed by atoms with E-state index in [1.54, 1.807) is 11.3 Å². The fraction of sp³-hybridized carbons (Fsp3) is 0.714. The van der Waals surface area contributed by atoms with Crippen LogP contribution in [0.15, 0.2) is 5.51 Å². The van der Waals surface area contributed by atoms with Crippen LogP contribution >= 0.6 is 11.3 Å². The van der Waals surface area contributed by atoms with Gasteiger partial charge in [0.1, 0.15) is 0 Å². The normalized spacial score (nSPS) is 30.7.